The zero-order valence-corrected chi connectivity index (χ0v) is 11.9. The first kappa shape index (κ1) is 13.5. The Labute approximate surface area is 111 Å². The molecule has 1 N–H and O–H groups in total. The first-order chi connectivity index (χ1) is 8.72. The standard InChI is InChI=1S/C16H26N2/c1-4-17-16(14-9-7-12(2)8-10-14)15-13(3)6-5-11-18-15/h5-6,11-12,14,16-17H,4,7-10H2,1-3H3. The van der Waals surface area contributed by atoms with E-state index in [1.807, 2.05) is 12.3 Å². The van der Waals surface area contributed by atoms with Crippen LogP contribution < -0.4 is 5.32 Å². The van der Waals surface area contributed by atoms with Crippen LogP contribution in [0.2, 0.25) is 0 Å². The first-order valence-corrected chi connectivity index (χ1v) is 7.37. The lowest BCUT2D eigenvalue weighted by molar-refractivity contribution is 0.230. The molecule has 1 unspecified atom stereocenters. The van der Waals surface area contributed by atoms with Crippen LogP contribution in [-0.2, 0) is 0 Å². The van der Waals surface area contributed by atoms with Gasteiger partial charge in [0.1, 0.15) is 0 Å². The lowest BCUT2D eigenvalue weighted by atomic mass is 9.78. The van der Waals surface area contributed by atoms with E-state index in [4.69, 9.17) is 0 Å². The second kappa shape index (κ2) is 6.33. The highest BCUT2D eigenvalue weighted by molar-refractivity contribution is 5.22. The molecule has 2 rings (SSSR count). The summed E-state index contributed by atoms with van der Waals surface area (Å²) in [5, 5.41) is 3.66. The molecular weight excluding hydrogens is 220 g/mol. The summed E-state index contributed by atoms with van der Waals surface area (Å²) in [6.07, 6.45) is 7.36. The van der Waals surface area contributed by atoms with E-state index < -0.39 is 0 Å². The molecule has 1 aromatic rings. The molecule has 100 valence electrons. The van der Waals surface area contributed by atoms with Crippen LogP contribution in [0.5, 0.6) is 0 Å². The Hall–Kier alpha value is -0.890. The average Bonchev–Trinajstić information content (AvgIpc) is 2.38. The largest absolute Gasteiger partial charge is 0.309 e. The van der Waals surface area contributed by atoms with Crippen LogP contribution in [-0.4, -0.2) is 11.5 Å². The smallest absolute Gasteiger partial charge is 0.0605 e. The zero-order valence-electron chi connectivity index (χ0n) is 11.9. The van der Waals surface area contributed by atoms with Gasteiger partial charge in [0.05, 0.1) is 11.7 Å². The van der Waals surface area contributed by atoms with Gasteiger partial charge in [0.25, 0.3) is 0 Å². The molecule has 1 aromatic heterocycles. The molecule has 1 aliphatic carbocycles. The van der Waals surface area contributed by atoms with E-state index in [0.29, 0.717) is 6.04 Å². The van der Waals surface area contributed by atoms with Crippen molar-refractivity contribution < 1.29 is 0 Å². The molecule has 18 heavy (non-hydrogen) atoms. The summed E-state index contributed by atoms with van der Waals surface area (Å²) in [7, 11) is 0. The molecule has 1 heterocycles. The fourth-order valence-electron chi connectivity index (χ4n) is 3.15. The quantitative estimate of drug-likeness (QED) is 0.872. The Morgan fingerprint density at radius 1 is 1.33 bits per heavy atom. The van der Waals surface area contributed by atoms with E-state index in [0.717, 1.165) is 18.4 Å². The van der Waals surface area contributed by atoms with Gasteiger partial charge in [-0.1, -0.05) is 32.8 Å². The number of hydrogen-bond donors (Lipinski definition) is 1. The lowest BCUT2D eigenvalue weighted by Crippen LogP contribution is -2.31. The predicted molar refractivity (Wildman–Crippen MR) is 76.5 cm³/mol. The predicted octanol–water partition coefficient (Wildman–Crippen LogP) is 3.87. The summed E-state index contributed by atoms with van der Waals surface area (Å²) >= 11 is 0. The maximum absolute atomic E-state index is 4.63. The number of aromatic nitrogens is 1. The van der Waals surface area contributed by atoms with Crippen molar-refractivity contribution in [3.8, 4) is 0 Å². The van der Waals surface area contributed by atoms with Gasteiger partial charge in [0.2, 0.25) is 0 Å². The van der Waals surface area contributed by atoms with Crippen molar-refractivity contribution in [3.63, 3.8) is 0 Å². The molecule has 2 nitrogen and oxygen atoms in total. The van der Waals surface area contributed by atoms with Crippen molar-refractivity contribution >= 4 is 0 Å². The van der Waals surface area contributed by atoms with E-state index in [2.05, 4.69) is 37.1 Å². The van der Waals surface area contributed by atoms with Crippen LogP contribution in [0.25, 0.3) is 0 Å². The lowest BCUT2D eigenvalue weighted by Gasteiger charge is -2.33. The van der Waals surface area contributed by atoms with Crippen LogP contribution in [0.1, 0.15) is 56.8 Å². The van der Waals surface area contributed by atoms with Gasteiger partial charge in [-0.3, -0.25) is 4.98 Å². The highest BCUT2D eigenvalue weighted by Gasteiger charge is 2.28. The van der Waals surface area contributed by atoms with E-state index in [-0.39, 0.29) is 0 Å². The minimum atomic E-state index is 0.448. The molecule has 0 spiro atoms. The summed E-state index contributed by atoms with van der Waals surface area (Å²) in [6.45, 7) is 7.77. The number of hydrogen-bond acceptors (Lipinski definition) is 2. The third-order valence-electron chi connectivity index (χ3n) is 4.30. The molecule has 0 aromatic carbocycles. The van der Waals surface area contributed by atoms with Crippen molar-refractivity contribution in [2.75, 3.05) is 6.54 Å². The van der Waals surface area contributed by atoms with Crippen LogP contribution in [0.4, 0.5) is 0 Å². The molecule has 0 aliphatic heterocycles. The Morgan fingerprint density at radius 2 is 2.06 bits per heavy atom. The topological polar surface area (TPSA) is 24.9 Å². The Balaban J connectivity index is 2.15. The minimum absolute atomic E-state index is 0.448. The van der Waals surface area contributed by atoms with E-state index in [9.17, 15) is 0 Å². The average molecular weight is 246 g/mol. The van der Waals surface area contributed by atoms with Gasteiger partial charge in [0, 0.05) is 6.20 Å². The number of pyridine rings is 1. The summed E-state index contributed by atoms with van der Waals surface area (Å²) in [5.74, 6) is 1.67. The highest BCUT2D eigenvalue weighted by atomic mass is 14.9. The highest BCUT2D eigenvalue weighted by Crippen LogP contribution is 2.36. The molecule has 0 saturated heterocycles. The van der Waals surface area contributed by atoms with Crippen molar-refractivity contribution in [1.82, 2.24) is 10.3 Å². The maximum Gasteiger partial charge on any atom is 0.0605 e. The van der Waals surface area contributed by atoms with Crippen LogP contribution in [0.3, 0.4) is 0 Å². The monoisotopic (exact) mass is 246 g/mol. The fraction of sp³-hybridized carbons (Fsp3) is 0.688. The molecule has 1 saturated carbocycles. The molecule has 0 amide bonds. The van der Waals surface area contributed by atoms with Gasteiger partial charge in [-0.15, -0.1) is 0 Å². The summed E-state index contributed by atoms with van der Waals surface area (Å²) < 4.78 is 0. The van der Waals surface area contributed by atoms with Crippen molar-refractivity contribution in [2.45, 2.75) is 52.5 Å². The van der Waals surface area contributed by atoms with E-state index in [1.165, 1.54) is 36.9 Å². The minimum Gasteiger partial charge on any atom is -0.309 e. The SMILES string of the molecule is CCNC(c1ncccc1C)C1CCC(C)CC1. The number of nitrogens with one attached hydrogen (secondary N) is 1. The van der Waals surface area contributed by atoms with Crippen molar-refractivity contribution in [3.05, 3.63) is 29.6 Å². The third-order valence-corrected chi connectivity index (χ3v) is 4.30. The van der Waals surface area contributed by atoms with Crippen LogP contribution in [0.15, 0.2) is 18.3 Å². The van der Waals surface area contributed by atoms with Gasteiger partial charge in [-0.2, -0.15) is 0 Å². The molecule has 0 bridgehead atoms. The summed E-state index contributed by atoms with van der Waals surface area (Å²) in [5.41, 5.74) is 2.58. The molecule has 1 fully saturated rings. The molecule has 1 aliphatic rings. The van der Waals surface area contributed by atoms with Crippen molar-refractivity contribution in [1.29, 1.82) is 0 Å². The first-order valence-electron chi connectivity index (χ1n) is 7.37. The molecule has 1 atom stereocenters. The number of rotatable bonds is 4. The van der Waals surface area contributed by atoms with Gasteiger partial charge in [0.15, 0.2) is 0 Å². The molecular formula is C16H26N2. The van der Waals surface area contributed by atoms with Gasteiger partial charge in [-0.05, 0) is 49.8 Å². The Morgan fingerprint density at radius 3 is 2.67 bits per heavy atom. The van der Waals surface area contributed by atoms with Crippen molar-refractivity contribution in [2.24, 2.45) is 11.8 Å². The summed E-state index contributed by atoms with van der Waals surface area (Å²) in [4.78, 5) is 4.63. The maximum atomic E-state index is 4.63. The van der Waals surface area contributed by atoms with Crippen LogP contribution in [0, 0.1) is 18.8 Å². The second-order valence-electron chi connectivity index (χ2n) is 5.76. The summed E-state index contributed by atoms with van der Waals surface area (Å²) in [6, 6.07) is 4.66. The number of aryl methyl sites for hydroxylation is 1. The second-order valence-corrected chi connectivity index (χ2v) is 5.76. The van der Waals surface area contributed by atoms with Crippen LogP contribution >= 0.6 is 0 Å². The zero-order chi connectivity index (χ0) is 13.0. The van der Waals surface area contributed by atoms with Gasteiger partial charge in [-0.25, -0.2) is 0 Å². The van der Waals surface area contributed by atoms with E-state index >= 15 is 0 Å². The molecule has 0 radical (unpaired) electrons. The van der Waals surface area contributed by atoms with E-state index in [1.54, 1.807) is 0 Å². The molecule has 2 heteroatoms. The Kier molecular flexibility index (Phi) is 4.76. The number of nitrogens with zero attached hydrogens (tertiary/aromatic N) is 1. The van der Waals surface area contributed by atoms with Gasteiger partial charge >= 0.3 is 0 Å². The normalized spacial score (nSPS) is 25.9. The Bertz CT molecular complexity index is 367. The van der Waals surface area contributed by atoms with Gasteiger partial charge < -0.3 is 5.32 Å². The fourth-order valence-corrected chi connectivity index (χ4v) is 3.15. The third kappa shape index (κ3) is 3.11.